The zero-order valence-electron chi connectivity index (χ0n) is 10.4. The first-order valence-corrected chi connectivity index (χ1v) is 5.78. The summed E-state index contributed by atoms with van der Waals surface area (Å²) < 4.78 is 5.43. The standard InChI is InChI=1S/C14H12N2O4/c17-12(14(18)19)6-11-7-16-13(8-15-11)20-9-10-4-2-1-3-5-10/h1-8,17H,9H2,(H,18,19)/b12-6-. The van der Waals surface area contributed by atoms with Crippen molar-refractivity contribution < 1.29 is 19.7 Å². The molecule has 1 aromatic carbocycles. The minimum atomic E-state index is -1.42. The summed E-state index contributed by atoms with van der Waals surface area (Å²) in [4.78, 5) is 18.3. The average Bonchev–Trinajstić information content (AvgIpc) is 2.47. The molecule has 102 valence electrons. The second-order valence-electron chi connectivity index (χ2n) is 3.89. The van der Waals surface area contributed by atoms with E-state index in [9.17, 15) is 4.79 Å². The van der Waals surface area contributed by atoms with Crippen LogP contribution in [0.3, 0.4) is 0 Å². The minimum Gasteiger partial charge on any atom is -0.502 e. The van der Waals surface area contributed by atoms with E-state index < -0.39 is 11.7 Å². The predicted molar refractivity (Wildman–Crippen MR) is 71.0 cm³/mol. The van der Waals surface area contributed by atoms with Crippen LogP contribution in [0.4, 0.5) is 0 Å². The van der Waals surface area contributed by atoms with Gasteiger partial charge in [0.2, 0.25) is 11.6 Å². The van der Waals surface area contributed by atoms with Crippen LogP contribution in [0.2, 0.25) is 0 Å². The molecule has 20 heavy (non-hydrogen) atoms. The van der Waals surface area contributed by atoms with Gasteiger partial charge in [-0.15, -0.1) is 0 Å². The molecule has 0 atom stereocenters. The molecular weight excluding hydrogens is 260 g/mol. The Labute approximate surface area is 115 Å². The number of aliphatic carboxylic acids is 1. The summed E-state index contributed by atoms with van der Waals surface area (Å²) in [5, 5.41) is 17.6. The van der Waals surface area contributed by atoms with Crippen LogP contribution in [-0.2, 0) is 11.4 Å². The summed E-state index contributed by atoms with van der Waals surface area (Å²) in [6.07, 6.45) is 3.69. The summed E-state index contributed by atoms with van der Waals surface area (Å²) in [5.74, 6) is -1.89. The monoisotopic (exact) mass is 272 g/mol. The number of nitrogens with zero attached hydrogens (tertiary/aromatic N) is 2. The first-order chi connectivity index (χ1) is 9.65. The van der Waals surface area contributed by atoms with Crippen molar-refractivity contribution in [2.24, 2.45) is 0 Å². The molecule has 1 aromatic heterocycles. The number of carbonyl (C=O) groups is 1. The first kappa shape index (κ1) is 13.5. The molecule has 0 unspecified atom stereocenters. The van der Waals surface area contributed by atoms with Gasteiger partial charge < -0.3 is 14.9 Å². The van der Waals surface area contributed by atoms with Gasteiger partial charge in [0.25, 0.3) is 0 Å². The lowest BCUT2D eigenvalue weighted by Crippen LogP contribution is -2.00. The molecule has 0 aliphatic carbocycles. The van der Waals surface area contributed by atoms with Crippen molar-refractivity contribution in [3.63, 3.8) is 0 Å². The summed E-state index contributed by atoms with van der Waals surface area (Å²) in [7, 11) is 0. The van der Waals surface area contributed by atoms with Crippen LogP contribution in [-0.4, -0.2) is 26.2 Å². The lowest BCUT2D eigenvalue weighted by atomic mass is 10.2. The highest BCUT2D eigenvalue weighted by Crippen LogP contribution is 2.09. The third-order valence-electron chi connectivity index (χ3n) is 2.38. The number of carboxylic acid groups (broad SMARTS) is 1. The second kappa shape index (κ2) is 6.33. The Morgan fingerprint density at radius 2 is 1.90 bits per heavy atom. The average molecular weight is 272 g/mol. The molecule has 2 aromatic rings. The van der Waals surface area contributed by atoms with E-state index in [1.54, 1.807) is 0 Å². The fourth-order valence-electron chi connectivity index (χ4n) is 1.41. The molecule has 0 bridgehead atoms. The van der Waals surface area contributed by atoms with Crippen LogP contribution in [0.1, 0.15) is 11.3 Å². The van der Waals surface area contributed by atoms with Crippen LogP contribution >= 0.6 is 0 Å². The first-order valence-electron chi connectivity index (χ1n) is 5.78. The summed E-state index contributed by atoms with van der Waals surface area (Å²) in [6, 6.07) is 9.59. The zero-order chi connectivity index (χ0) is 14.4. The lowest BCUT2D eigenvalue weighted by molar-refractivity contribution is -0.135. The Morgan fingerprint density at radius 3 is 2.50 bits per heavy atom. The van der Waals surface area contributed by atoms with E-state index in [4.69, 9.17) is 14.9 Å². The molecule has 1 heterocycles. The highest BCUT2D eigenvalue weighted by molar-refractivity contribution is 5.88. The highest BCUT2D eigenvalue weighted by Gasteiger charge is 2.05. The topological polar surface area (TPSA) is 92.5 Å². The largest absolute Gasteiger partial charge is 0.502 e. The molecule has 0 spiro atoms. The van der Waals surface area contributed by atoms with Crippen molar-refractivity contribution in [3.05, 3.63) is 59.7 Å². The molecule has 0 fully saturated rings. The third-order valence-corrected chi connectivity index (χ3v) is 2.38. The maximum Gasteiger partial charge on any atom is 0.371 e. The van der Waals surface area contributed by atoms with Crippen molar-refractivity contribution in [3.8, 4) is 5.88 Å². The number of aliphatic hydroxyl groups excluding tert-OH is 1. The number of hydrogen-bond donors (Lipinski definition) is 2. The van der Waals surface area contributed by atoms with Crippen molar-refractivity contribution >= 4 is 12.0 Å². The smallest absolute Gasteiger partial charge is 0.371 e. The molecule has 2 N–H and O–H groups in total. The number of carboxylic acids is 1. The quantitative estimate of drug-likeness (QED) is 0.639. The van der Waals surface area contributed by atoms with Crippen LogP contribution in [0.15, 0.2) is 48.5 Å². The SMILES string of the molecule is O=C(O)/C(O)=C/c1cnc(OCc2ccccc2)cn1. The molecular formula is C14H12N2O4. The maximum atomic E-state index is 10.4. The molecule has 6 heteroatoms. The van der Waals surface area contributed by atoms with Gasteiger partial charge >= 0.3 is 5.97 Å². The Balaban J connectivity index is 1.98. The fraction of sp³-hybridized carbons (Fsp3) is 0.0714. The fourth-order valence-corrected chi connectivity index (χ4v) is 1.41. The van der Waals surface area contributed by atoms with E-state index in [1.807, 2.05) is 30.3 Å². The third kappa shape index (κ3) is 3.81. The van der Waals surface area contributed by atoms with E-state index in [0.29, 0.717) is 12.5 Å². The number of hydrogen-bond acceptors (Lipinski definition) is 5. The Kier molecular flexibility index (Phi) is 4.28. The Morgan fingerprint density at radius 1 is 1.15 bits per heavy atom. The second-order valence-corrected chi connectivity index (χ2v) is 3.89. The van der Waals surface area contributed by atoms with E-state index in [0.717, 1.165) is 11.6 Å². The van der Waals surface area contributed by atoms with E-state index >= 15 is 0 Å². The van der Waals surface area contributed by atoms with Crippen molar-refractivity contribution in [2.75, 3.05) is 0 Å². The van der Waals surface area contributed by atoms with Crippen molar-refractivity contribution in [1.82, 2.24) is 9.97 Å². The van der Waals surface area contributed by atoms with Gasteiger partial charge in [0.1, 0.15) is 6.61 Å². The summed E-state index contributed by atoms with van der Waals surface area (Å²) in [6.45, 7) is 0.366. The molecule has 0 saturated heterocycles. The van der Waals surface area contributed by atoms with Gasteiger partial charge in [-0.25, -0.2) is 14.8 Å². The van der Waals surface area contributed by atoms with Gasteiger partial charge in [0, 0.05) is 6.08 Å². The number of rotatable bonds is 5. The summed E-state index contributed by atoms with van der Waals surface area (Å²) in [5.41, 5.74) is 1.23. The maximum absolute atomic E-state index is 10.4. The number of aromatic nitrogens is 2. The summed E-state index contributed by atoms with van der Waals surface area (Å²) >= 11 is 0. The van der Waals surface area contributed by atoms with Gasteiger partial charge in [-0.3, -0.25) is 0 Å². The number of aliphatic hydroxyl groups is 1. The molecule has 0 saturated carbocycles. The van der Waals surface area contributed by atoms with Crippen LogP contribution < -0.4 is 4.74 Å². The van der Waals surface area contributed by atoms with Crippen molar-refractivity contribution in [1.29, 1.82) is 0 Å². The minimum absolute atomic E-state index is 0.233. The van der Waals surface area contributed by atoms with Gasteiger partial charge in [0.15, 0.2) is 0 Å². The van der Waals surface area contributed by atoms with Crippen LogP contribution in [0.25, 0.3) is 6.08 Å². The molecule has 2 rings (SSSR count). The van der Waals surface area contributed by atoms with Crippen molar-refractivity contribution in [2.45, 2.75) is 6.61 Å². The normalized spacial score (nSPS) is 11.1. The van der Waals surface area contributed by atoms with Crippen LogP contribution in [0, 0.1) is 0 Å². The molecule has 0 amide bonds. The molecule has 0 aliphatic heterocycles. The number of benzene rings is 1. The molecule has 0 radical (unpaired) electrons. The van der Waals surface area contributed by atoms with Gasteiger partial charge in [0.05, 0.1) is 18.1 Å². The molecule has 0 aliphatic rings. The van der Waals surface area contributed by atoms with Crippen LogP contribution in [0.5, 0.6) is 5.88 Å². The van der Waals surface area contributed by atoms with E-state index in [2.05, 4.69) is 9.97 Å². The highest BCUT2D eigenvalue weighted by atomic mass is 16.5. The van der Waals surface area contributed by atoms with Gasteiger partial charge in [-0.1, -0.05) is 30.3 Å². The zero-order valence-corrected chi connectivity index (χ0v) is 10.4. The van der Waals surface area contributed by atoms with Gasteiger partial charge in [-0.2, -0.15) is 0 Å². The molecule has 6 nitrogen and oxygen atoms in total. The number of ether oxygens (including phenoxy) is 1. The van der Waals surface area contributed by atoms with Gasteiger partial charge in [-0.05, 0) is 5.56 Å². The Bertz CT molecular complexity index is 609. The Hall–Kier alpha value is -2.89. The lowest BCUT2D eigenvalue weighted by Gasteiger charge is -2.04. The van der Waals surface area contributed by atoms with E-state index in [1.165, 1.54) is 12.4 Å². The van der Waals surface area contributed by atoms with E-state index in [-0.39, 0.29) is 5.69 Å². The predicted octanol–water partition coefficient (Wildman–Crippen LogP) is 2.04.